The fourth-order valence-electron chi connectivity index (χ4n) is 3.44. The van der Waals surface area contributed by atoms with Gasteiger partial charge in [-0.1, -0.05) is 0 Å². The van der Waals surface area contributed by atoms with Crippen molar-refractivity contribution in [1.82, 2.24) is 4.90 Å². The number of rotatable bonds is 4. The van der Waals surface area contributed by atoms with Gasteiger partial charge in [-0.15, -0.1) is 0 Å². The molecule has 5 nitrogen and oxygen atoms in total. The summed E-state index contributed by atoms with van der Waals surface area (Å²) in [6, 6.07) is 3.67. The highest BCUT2D eigenvalue weighted by Gasteiger charge is 2.42. The number of amides is 1. The first-order valence-corrected chi connectivity index (χ1v) is 7.61. The minimum absolute atomic E-state index is 0.159. The lowest BCUT2D eigenvalue weighted by Crippen LogP contribution is -2.44. The van der Waals surface area contributed by atoms with Gasteiger partial charge in [0.15, 0.2) is 0 Å². The molecule has 2 aliphatic rings. The Kier molecular flexibility index (Phi) is 4.31. The molecule has 2 aliphatic heterocycles. The van der Waals surface area contributed by atoms with Gasteiger partial charge in [0, 0.05) is 20.2 Å². The zero-order chi connectivity index (χ0) is 14.7. The summed E-state index contributed by atoms with van der Waals surface area (Å²) in [5.74, 6) is 0.900. The maximum absolute atomic E-state index is 12.3. The molecule has 2 saturated heterocycles. The zero-order valence-corrected chi connectivity index (χ0v) is 12.5. The van der Waals surface area contributed by atoms with Crippen molar-refractivity contribution in [2.24, 2.45) is 5.41 Å². The van der Waals surface area contributed by atoms with E-state index in [0.717, 1.165) is 44.7 Å². The summed E-state index contributed by atoms with van der Waals surface area (Å²) < 4.78 is 16.2. The van der Waals surface area contributed by atoms with Crippen molar-refractivity contribution >= 4 is 5.91 Å². The molecule has 1 spiro atoms. The fraction of sp³-hybridized carbons (Fsp3) is 0.688. The second-order valence-corrected chi connectivity index (χ2v) is 6.23. The third kappa shape index (κ3) is 3.30. The Morgan fingerprint density at radius 2 is 2.29 bits per heavy atom. The van der Waals surface area contributed by atoms with Crippen molar-refractivity contribution in [2.45, 2.75) is 31.8 Å². The van der Waals surface area contributed by atoms with Crippen LogP contribution in [0, 0.1) is 5.41 Å². The Labute approximate surface area is 125 Å². The molecule has 2 fully saturated rings. The highest BCUT2D eigenvalue weighted by Crippen LogP contribution is 2.42. The Balaban J connectivity index is 1.50. The molecule has 0 aliphatic carbocycles. The average molecular weight is 293 g/mol. The predicted molar refractivity (Wildman–Crippen MR) is 76.9 cm³/mol. The second kappa shape index (κ2) is 6.20. The number of ether oxygens (including phenoxy) is 2. The van der Waals surface area contributed by atoms with Gasteiger partial charge in [0.25, 0.3) is 0 Å². The molecule has 1 amide bonds. The van der Waals surface area contributed by atoms with Crippen molar-refractivity contribution < 1.29 is 18.7 Å². The SMILES string of the molecule is COC[C@H]1CC2(CCN(C(=O)Cc3ccco3)CC2)CO1. The maximum Gasteiger partial charge on any atom is 0.230 e. The number of carbonyl (C=O) groups is 1. The molecule has 116 valence electrons. The van der Waals surface area contributed by atoms with E-state index in [-0.39, 0.29) is 17.4 Å². The van der Waals surface area contributed by atoms with Gasteiger partial charge < -0.3 is 18.8 Å². The number of furan rings is 1. The zero-order valence-electron chi connectivity index (χ0n) is 12.5. The summed E-state index contributed by atoms with van der Waals surface area (Å²) in [5, 5.41) is 0. The molecule has 21 heavy (non-hydrogen) atoms. The van der Waals surface area contributed by atoms with E-state index < -0.39 is 0 Å². The Morgan fingerprint density at radius 3 is 2.95 bits per heavy atom. The van der Waals surface area contributed by atoms with Crippen LogP contribution in [0.5, 0.6) is 0 Å². The van der Waals surface area contributed by atoms with Crippen LogP contribution in [-0.4, -0.2) is 50.3 Å². The number of likely N-dealkylation sites (tertiary alicyclic amines) is 1. The highest BCUT2D eigenvalue weighted by atomic mass is 16.5. The van der Waals surface area contributed by atoms with Crippen LogP contribution in [0.4, 0.5) is 0 Å². The number of hydrogen-bond donors (Lipinski definition) is 0. The summed E-state index contributed by atoms with van der Waals surface area (Å²) >= 11 is 0. The summed E-state index contributed by atoms with van der Waals surface area (Å²) in [6.07, 6.45) is 5.30. The van der Waals surface area contributed by atoms with Crippen LogP contribution in [0.15, 0.2) is 22.8 Å². The van der Waals surface area contributed by atoms with E-state index in [1.165, 1.54) is 0 Å². The number of hydrogen-bond acceptors (Lipinski definition) is 4. The quantitative estimate of drug-likeness (QED) is 0.850. The van der Waals surface area contributed by atoms with E-state index >= 15 is 0 Å². The van der Waals surface area contributed by atoms with Crippen molar-refractivity contribution in [3.8, 4) is 0 Å². The molecule has 0 bridgehead atoms. The Morgan fingerprint density at radius 1 is 1.48 bits per heavy atom. The van der Waals surface area contributed by atoms with Gasteiger partial charge in [-0.3, -0.25) is 4.79 Å². The monoisotopic (exact) mass is 293 g/mol. The molecule has 1 atom stereocenters. The van der Waals surface area contributed by atoms with Gasteiger partial charge in [-0.05, 0) is 36.8 Å². The highest BCUT2D eigenvalue weighted by molar-refractivity contribution is 5.78. The standard InChI is InChI=1S/C16H23NO4/c1-19-11-14-10-16(12-21-14)4-6-17(7-5-16)15(18)9-13-3-2-8-20-13/h2-3,8,14H,4-7,9-12H2,1H3/t14-/m1/s1. The van der Waals surface area contributed by atoms with E-state index in [4.69, 9.17) is 13.9 Å². The van der Waals surface area contributed by atoms with Crippen molar-refractivity contribution in [3.63, 3.8) is 0 Å². The lowest BCUT2D eigenvalue weighted by molar-refractivity contribution is -0.133. The first-order valence-electron chi connectivity index (χ1n) is 7.61. The van der Waals surface area contributed by atoms with E-state index in [0.29, 0.717) is 13.0 Å². The minimum Gasteiger partial charge on any atom is -0.469 e. The lowest BCUT2D eigenvalue weighted by atomic mass is 9.76. The van der Waals surface area contributed by atoms with Crippen LogP contribution < -0.4 is 0 Å². The van der Waals surface area contributed by atoms with Gasteiger partial charge in [0.2, 0.25) is 5.91 Å². The fourth-order valence-corrected chi connectivity index (χ4v) is 3.44. The largest absolute Gasteiger partial charge is 0.469 e. The third-order valence-electron chi connectivity index (χ3n) is 4.72. The van der Waals surface area contributed by atoms with Gasteiger partial charge in [-0.25, -0.2) is 0 Å². The van der Waals surface area contributed by atoms with E-state index in [2.05, 4.69) is 0 Å². The maximum atomic E-state index is 12.3. The average Bonchev–Trinajstić information content (AvgIpc) is 3.11. The van der Waals surface area contributed by atoms with Gasteiger partial charge >= 0.3 is 0 Å². The predicted octanol–water partition coefficient (Wildman–Crippen LogP) is 1.87. The molecular weight excluding hydrogens is 270 g/mol. The van der Waals surface area contributed by atoms with Gasteiger partial charge in [-0.2, -0.15) is 0 Å². The molecule has 0 N–H and O–H groups in total. The molecule has 0 saturated carbocycles. The summed E-state index contributed by atoms with van der Waals surface area (Å²) in [6.45, 7) is 3.12. The van der Waals surface area contributed by atoms with Gasteiger partial charge in [0.05, 0.1) is 32.0 Å². The number of nitrogens with zero attached hydrogens (tertiary/aromatic N) is 1. The molecule has 5 heteroatoms. The molecular formula is C16H23NO4. The molecule has 1 aromatic rings. The topological polar surface area (TPSA) is 51.9 Å². The van der Waals surface area contributed by atoms with Crippen molar-refractivity contribution in [3.05, 3.63) is 24.2 Å². The third-order valence-corrected chi connectivity index (χ3v) is 4.72. The molecule has 0 unspecified atom stereocenters. The Hall–Kier alpha value is -1.33. The smallest absolute Gasteiger partial charge is 0.230 e. The van der Waals surface area contributed by atoms with Gasteiger partial charge in [0.1, 0.15) is 5.76 Å². The van der Waals surface area contributed by atoms with Crippen molar-refractivity contribution in [2.75, 3.05) is 33.4 Å². The van der Waals surface area contributed by atoms with Crippen LogP contribution in [-0.2, 0) is 20.7 Å². The van der Waals surface area contributed by atoms with E-state index in [1.54, 1.807) is 13.4 Å². The van der Waals surface area contributed by atoms with E-state index in [9.17, 15) is 4.79 Å². The first kappa shape index (κ1) is 14.6. The van der Waals surface area contributed by atoms with Crippen LogP contribution in [0.2, 0.25) is 0 Å². The summed E-state index contributed by atoms with van der Waals surface area (Å²) in [5.41, 5.74) is 0.255. The number of carbonyl (C=O) groups excluding carboxylic acids is 1. The molecule has 3 rings (SSSR count). The van der Waals surface area contributed by atoms with Crippen LogP contribution in [0.1, 0.15) is 25.0 Å². The van der Waals surface area contributed by atoms with Crippen LogP contribution in [0.3, 0.4) is 0 Å². The summed E-state index contributed by atoms with van der Waals surface area (Å²) in [4.78, 5) is 14.2. The van der Waals surface area contributed by atoms with E-state index in [1.807, 2.05) is 17.0 Å². The number of piperidine rings is 1. The normalized spacial score (nSPS) is 24.6. The minimum atomic E-state index is 0.159. The lowest BCUT2D eigenvalue weighted by Gasteiger charge is -2.38. The van der Waals surface area contributed by atoms with Crippen molar-refractivity contribution in [1.29, 1.82) is 0 Å². The molecule has 3 heterocycles. The molecule has 0 aromatic carbocycles. The molecule has 1 aromatic heterocycles. The Bertz CT molecular complexity index is 463. The van der Waals surface area contributed by atoms with Crippen LogP contribution in [0.25, 0.3) is 0 Å². The summed E-state index contributed by atoms with van der Waals surface area (Å²) in [7, 11) is 1.71. The molecule has 0 radical (unpaired) electrons. The second-order valence-electron chi connectivity index (χ2n) is 6.23. The first-order chi connectivity index (χ1) is 10.2. The number of methoxy groups -OCH3 is 1. The van der Waals surface area contributed by atoms with Crippen LogP contribution >= 0.6 is 0 Å².